The summed E-state index contributed by atoms with van der Waals surface area (Å²) in [5, 5.41) is 2.03. The third kappa shape index (κ3) is 2.68. The van der Waals surface area contributed by atoms with Crippen LogP contribution in [0, 0.1) is 6.92 Å². The molecule has 0 atom stereocenters. The molecule has 1 amide bonds. The Labute approximate surface area is 110 Å². The molecule has 94 valence electrons. The van der Waals surface area contributed by atoms with Gasteiger partial charge in [0.2, 0.25) is 0 Å². The van der Waals surface area contributed by atoms with Gasteiger partial charge in [0.25, 0.3) is 5.91 Å². The van der Waals surface area contributed by atoms with Gasteiger partial charge in [-0.3, -0.25) is 4.79 Å². The first-order valence-corrected chi connectivity index (χ1v) is 6.46. The van der Waals surface area contributed by atoms with E-state index in [1.165, 1.54) is 16.6 Å². The van der Waals surface area contributed by atoms with E-state index in [0.717, 1.165) is 0 Å². The molecule has 0 aromatic carbocycles. The Hall–Kier alpha value is -1.88. The molecule has 18 heavy (non-hydrogen) atoms. The van der Waals surface area contributed by atoms with Crippen LogP contribution < -0.4 is 5.73 Å². The standard InChI is InChI=1S/C13H15N3OS/c1-9-5-6-18-12(9)8-16(2)13(17)11-4-3-10(14)7-15-11/h3-7H,8,14H2,1-2H3. The fourth-order valence-corrected chi connectivity index (χ4v) is 2.54. The van der Waals surface area contributed by atoms with Gasteiger partial charge in [-0.1, -0.05) is 0 Å². The van der Waals surface area contributed by atoms with Gasteiger partial charge in [-0.25, -0.2) is 4.98 Å². The molecule has 2 aromatic rings. The van der Waals surface area contributed by atoms with Crippen LogP contribution in [0.4, 0.5) is 5.69 Å². The lowest BCUT2D eigenvalue weighted by Gasteiger charge is -2.16. The van der Waals surface area contributed by atoms with Crippen molar-refractivity contribution in [1.29, 1.82) is 0 Å². The highest BCUT2D eigenvalue weighted by molar-refractivity contribution is 7.10. The monoisotopic (exact) mass is 261 g/mol. The highest BCUT2D eigenvalue weighted by Crippen LogP contribution is 2.18. The normalized spacial score (nSPS) is 10.3. The molecule has 0 aliphatic rings. The van der Waals surface area contributed by atoms with E-state index >= 15 is 0 Å². The number of carbonyl (C=O) groups is 1. The fraction of sp³-hybridized carbons (Fsp3) is 0.231. The van der Waals surface area contributed by atoms with Crippen LogP contribution in [-0.4, -0.2) is 22.8 Å². The van der Waals surface area contributed by atoms with Crippen molar-refractivity contribution in [1.82, 2.24) is 9.88 Å². The van der Waals surface area contributed by atoms with Crippen molar-refractivity contribution < 1.29 is 4.79 Å². The minimum absolute atomic E-state index is 0.0946. The molecule has 0 unspecified atom stereocenters. The van der Waals surface area contributed by atoms with Crippen LogP contribution in [-0.2, 0) is 6.54 Å². The molecule has 0 saturated carbocycles. The number of aromatic nitrogens is 1. The van der Waals surface area contributed by atoms with Gasteiger partial charge >= 0.3 is 0 Å². The summed E-state index contributed by atoms with van der Waals surface area (Å²) in [6.45, 7) is 2.65. The lowest BCUT2D eigenvalue weighted by molar-refractivity contribution is 0.0780. The number of rotatable bonds is 3. The van der Waals surface area contributed by atoms with Gasteiger partial charge in [-0.05, 0) is 36.1 Å². The summed E-state index contributed by atoms with van der Waals surface area (Å²) in [6.07, 6.45) is 1.50. The van der Waals surface area contributed by atoms with Crippen LogP contribution in [0.3, 0.4) is 0 Å². The largest absolute Gasteiger partial charge is 0.397 e. The molecule has 2 aromatic heterocycles. The summed E-state index contributed by atoms with van der Waals surface area (Å²) >= 11 is 1.66. The lowest BCUT2D eigenvalue weighted by atomic mass is 10.2. The van der Waals surface area contributed by atoms with E-state index in [0.29, 0.717) is 17.9 Å². The van der Waals surface area contributed by atoms with E-state index in [2.05, 4.69) is 11.1 Å². The smallest absolute Gasteiger partial charge is 0.272 e. The Bertz CT molecular complexity index is 548. The predicted octanol–water partition coefficient (Wildman–Crippen LogP) is 2.31. The number of thiophene rings is 1. The van der Waals surface area contributed by atoms with Crippen LogP contribution in [0.1, 0.15) is 20.9 Å². The number of nitrogens with zero attached hydrogens (tertiary/aromatic N) is 2. The second-order valence-corrected chi connectivity index (χ2v) is 5.17. The van der Waals surface area contributed by atoms with Crippen LogP contribution in [0.25, 0.3) is 0 Å². The van der Waals surface area contributed by atoms with Gasteiger partial charge in [0.15, 0.2) is 0 Å². The molecule has 0 aliphatic carbocycles. The maximum Gasteiger partial charge on any atom is 0.272 e. The van der Waals surface area contributed by atoms with Gasteiger partial charge < -0.3 is 10.6 Å². The number of nitrogen functional groups attached to an aromatic ring is 1. The molecule has 0 saturated heterocycles. The first-order chi connectivity index (χ1) is 8.58. The summed E-state index contributed by atoms with van der Waals surface area (Å²) < 4.78 is 0. The van der Waals surface area contributed by atoms with Crippen molar-refractivity contribution in [2.75, 3.05) is 12.8 Å². The van der Waals surface area contributed by atoms with Crippen molar-refractivity contribution in [3.63, 3.8) is 0 Å². The van der Waals surface area contributed by atoms with E-state index < -0.39 is 0 Å². The molecule has 0 fully saturated rings. The van der Waals surface area contributed by atoms with Crippen LogP contribution in [0.15, 0.2) is 29.8 Å². The first kappa shape index (κ1) is 12.6. The lowest BCUT2D eigenvalue weighted by Crippen LogP contribution is -2.26. The van der Waals surface area contributed by atoms with E-state index in [1.807, 2.05) is 12.3 Å². The van der Waals surface area contributed by atoms with Crippen molar-refractivity contribution in [2.45, 2.75) is 13.5 Å². The molecule has 5 heteroatoms. The van der Waals surface area contributed by atoms with Crippen LogP contribution in [0.2, 0.25) is 0 Å². The molecule has 4 nitrogen and oxygen atoms in total. The van der Waals surface area contributed by atoms with Crippen LogP contribution in [0.5, 0.6) is 0 Å². The molecule has 2 heterocycles. The average Bonchev–Trinajstić information content (AvgIpc) is 2.75. The summed E-state index contributed by atoms with van der Waals surface area (Å²) in [5.41, 5.74) is 7.74. The number of nitrogens with two attached hydrogens (primary N) is 1. The second-order valence-electron chi connectivity index (χ2n) is 4.16. The number of amides is 1. The molecular formula is C13H15N3OS. The van der Waals surface area contributed by atoms with E-state index in [9.17, 15) is 4.79 Å². The summed E-state index contributed by atoms with van der Waals surface area (Å²) in [7, 11) is 1.78. The van der Waals surface area contributed by atoms with Crippen LogP contribution >= 0.6 is 11.3 Å². The van der Waals surface area contributed by atoms with Crippen molar-refractivity contribution in [3.05, 3.63) is 45.9 Å². The summed E-state index contributed by atoms with van der Waals surface area (Å²) in [5.74, 6) is -0.0946. The fourth-order valence-electron chi connectivity index (χ4n) is 1.58. The quantitative estimate of drug-likeness (QED) is 0.922. The predicted molar refractivity (Wildman–Crippen MR) is 73.5 cm³/mol. The zero-order valence-electron chi connectivity index (χ0n) is 10.4. The molecule has 0 radical (unpaired) electrons. The zero-order chi connectivity index (χ0) is 13.1. The molecule has 0 bridgehead atoms. The highest BCUT2D eigenvalue weighted by Gasteiger charge is 2.14. The maximum atomic E-state index is 12.1. The number of carbonyl (C=O) groups excluding carboxylic acids is 1. The number of anilines is 1. The second kappa shape index (κ2) is 5.18. The van der Waals surface area contributed by atoms with E-state index in [4.69, 9.17) is 5.73 Å². The Balaban J connectivity index is 2.09. The Morgan fingerprint density at radius 3 is 2.78 bits per heavy atom. The molecule has 0 aliphatic heterocycles. The molecular weight excluding hydrogens is 246 g/mol. The minimum Gasteiger partial charge on any atom is -0.397 e. The van der Waals surface area contributed by atoms with Gasteiger partial charge in [0.05, 0.1) is 18.4 Å². The van der Waals surface area contributed by atoms with Gasteiger partial charge in [-0.2, -0.15) is 0 Å². The first-order valence-electron chi connectivity index (χ1n) is 5.58. The third-order valence-electron chi connectivity index (χ3n) is 2.70. The zero-order valence-corrected chi connectivity index (χ0v) is 11.2. The van der Waals surface area contributed by atoms with Crippen molar-refractivity contribution >= 4 is 22.9 Å². The molecule has 2 rings (SSSR count). The average molecular weight is 261 g/mol. The van der Waals surface area contributed by atoms with Crippen molar-refractivity contribution in [3.8, 4) is 0 Å². The summed E-state index contributed by atoms with van der Waals surface area (Å²) in [4.78, 5) is 19.0. The molecule has 0 spiro atoms. The Kier molecular flexibility index (Phi) is 3.62. The van der Waals surface area contributed by atoms with E-state index in [1.54, 1.807) is 35.4 Å². The summed E-state index contributed by atoms with van der Waals surface area (Å²) in [6, 6.07) is 5.39. The van der Waals surface area contributed by atoms with Gasteiger partial charge in [0.1, 0.15) is 5.69 Å². The Morgan fingerprint density at radius 2 is 2.22 bits per heavy atom. The topological polar surface area (TPSA) is 59.2 Å². The molecule has 2 N–H and O–H groups in total. The van der Waals surface area contributed by atoms with Crippen molar-refractivity contribution in [2.24, 2.45) is 0 Å². The third-order valence-corrected chi connectivity index (χ3v) is 3.71. The minimum atomic E-state index is -0.0946. The maximum absolute atomic E-state index is 12.1. The van der Waals surface area contributed by atoms with Gasteiger partial charge in [-0.15, -0.1) is 11.3 Å². The SMILES string of the molecule is Cc1ccsc1CN(C)C(=O)c1ccc(N)cn1. The number of aryl methyl sites for hydroxylation is 1. The number of pyridine rings is 1. The van der Waals surface area contributed by atoms with E-state index in [-0.39, 0.29) is 5.91 Å². The number of hydrogen-bond donors (Lipinski definition) is 1. The Morgan fingerprint density at radius 1 is 1.44 bits per heavy atom. The van der Waals surface area contributed by atoms with Gasteiger partial charge in [0, 0.05) is 11.9 Å². The highest BCUT2D eigenvalue weighted by atomic mass is 32.1. The number of hydrogen-bond acceptors (Lipinski definition) is 4.